The van der Waals surface area contributed by atoms with Gasteiger partial charge >= 0.3 is 0 Å². The van der Waals surface area contributed by atoms with E-state index in [0.717, 1.165) is 24.3 Å². The standard InChI is InChI=1S/C18H24N4O4S2/c1-28(24,25)22-9-6-13(7-10-22)18(23)21-8-2-4-14(12-21)16-19-20-17(26-16)15-5-3-11-27-15/h3,5,11,13-14H,2,4,6-10,12H2,1H3/t14-/m0/s1. The van der Waals surface area contributed by atoms with Gasteiger partial charge in [-0.05, 0) is 37.1 Å². The van der Waals surface area contributed by atoms with E-state index in [1.54, 1.807) is 11.3 Å². The van der Waals surface area contributed by atoms with Crippen LogP contribution in [0.2, 0.25) is 0 Å². The minimum atomic E-state index is -3.18. The lowest BCUT2D eigenvalue weighted by atomic mass is 9.93. The maximum Gasteiger partial charge on any atom is 0.257 e. The topological polar surface area (TPSA) is 96.6 Å². The van der Waals surface area contributed by atoms with Crippen LogP contribution in [0.3, 0.4) is 0 Å². The van der Waals surface area contributed by atoms with Crippen LogP contribution in [-0.4, -0.2) is 66.2 Å². The average molecular weight is 425 g/mol. The Hall–Kier alpha value is -1.78. The van der Waals surface area contributed by atoms with E-state index in [0.29, 0.717) is 44.3 Å². The van der Waals surface area contributed by atoms with Crippen LogP contribution in [0.5, 0.6) is 0 Å². The minimum absolute atomic E-state index is 0.0509. The second kappa shape index (κ2) is 7.92. The Morgan fingerprint density at radius 1 is 1.21 bits per heavy atom. The van der Waals surface area contributed by atoms with E-state index in [4.69, 9.17) is 4.42 Å². The van der Waals surface area contributed by atoms with Crippen LogP contribution in [0.4, 0.5) is 0 Å². The van der Waals surface area contributed by atoms with Crippen LogP contribution in [0.1, 0.15) is 37.5 Å². The molecule has 0 bridgehead atoms. The number of nitrogens with zero attached hydrogens (tertiary/aromatic N) is 4. The number of thiophene rings is 1. The van der Waals surface area contributed by atoms with Crippen LogP contribution in [0.25, 0.3) is 10.8 Å². The molecule has 28 heavy (non-hydrogen) atoms. The lowest BCUT2D eigenvalue weighted by Crippen LogP contribution is -2.46. The van der Waals surface area contributed by atoms with E-state index in [1.165, 1.54) is 10.6 Å². The van der Waals surface area contributed by atoms with E-state index in [9.17, 15) is 13.2 Å². The molecule has 0 aromatic carbocycles. The third-order valence-electron chi connectivity index (χ3n) is 5.53. The number of carbonyl (C=O) groups excluding carboxylic acids is 1. The molecule has 1 atom stereocenters. The third-order valence-corrected chi connectivity index (χ3v) is 7.69. The summed E-state index contributed by atoms with van der Waals surface area (Å²) in [4.78, 5) is 15.8. The van der Waals surface area contributed by atoms with Gasteiger partial charge in [-0.3, -0.25) is 4.79 Å². The van der Waals surface area contributed by atoms with Gasteiger partial charge in [0.15, 0.2) is 0 Å². The maximum atomic E-state index is 13.0. The summed E-state index contributed by atoms with van der Waals surface area (Å²) in [5, 5.41) is 10.3. The number of hydrogen-bond donors (Lipinski definition) is 0. The monoisotopic (exact) mass is 424 g/mol. The lowest BCUT2D eigenvalue weighted by Gasteiger charge is -2.36. The quantitative estimate of drug-likeness (QED) is 0.746. The summed E-state index contributed by atoms with van der Waals surface area (Å²) in [7, 11) is -3.18. The molecule has 10 heteroatoms. The molecule has 2 aromatic heterocycles. The first kappa shape index (κ1) is 19.5. The van der Waals surface area contributed by atoms with Crippen LogP contribution in [0, 0.1) is 5.92 Å². The Kier molecular flexibility index (Phi) is 5.52. The summed E-state index contributed by atoms with van der Waals surface area (Å²) < 4.78 is 30.6. The van der Waals surface area contributed by atoms with Gasteiger partial charge in [0.25, 0.3) is 5.89 Å². The summed E-state index contributed by atoms with van der Waals surface area (Å²) in [6, 6.07) is 3.89. The van der Waals surface area contributed by atoms with Crippen molar-refractivity contribution in [1.29, 1.82) is 0 Å². The summed E-state index contributed by atoms with van der Waals surface area (Å²) in [6.07, 6.45) is 4.20. The van der Waals surface area contributed by atoms with E-state index in [1.807, 2.05) is 22.4 Å². The van der Waals surface area contributed by atoms with Crippen LogP contribution in [0.15, 0.2) is 21.9 Å². The second-order valence-corrected chi connectivity index (χ2v) is 10.4. The Balaban J connectivity index is 1.38. The van der Waals surface area contributed by atoms with Crippen LogP contribution in [-0.2, 0) is 14.8 Å². The molecule has 8 nitrogen and oxygen atoms in total. The molecule has 0 spiro atoms. The molecule has 4 heterocycles. The highest BCUT2D eigenvalue weighted by atomic mass is 32.2. The second-order valence-electron chi connectivity index (χ2n) is 7.48. The number of rotatable bonds is 4. The van der Waals surface area contributed by atoms with Gasteiger partial charge in [0.1, 0.15) is 0 Å². The van der Waals surface area contributed by atoms with Crippen molar-refractivity contribution in [2.75, 3.05) is 32.4 Å². The van der Waals surface area contributed by atoms with Crippen LogP contribution >= 0.6 is 11.3 Å². The van der Waals surface area contributed by atoms with Gasteiger partial charge in [0, 0.05) is 32.1 Å². The van der Waals surface area contributed by atoms with Gasteiger partial charge in [-0.2, -0.15) is 0 Å². The van der Waals surface area contributed by atoms with E-state index >= 15 is 0 Å². The van der Waals surface area contributed by atoms with Crippen molar-refractivity contribution in [1.82, 2.24) is 19.4 Å². The van der Waals surface area contributed by atoms with Gasteiger partial charge in [0.05, 0.1) is 17.1 Å². The molecule has 0 aliphatic carbocycles. The first-order valence-corrected chi connectivity index (χ1v) is 12.3. The zero-order valence-corrected chi connectivity index (χ0v) is 17.4. The summed E-state index contributed by atoms with van der Waals surface area (Å²) >= 11 is 1.55. The Morgan fingerprint density at radius 2 is 2.00 bits per heavy atom. The average Bonchev–Trinajstić information content (AvgIpc) is 3.38. The highest BCUT2D eigenvalue weighted by Crippen LogP contribution is 2.31. The molecule has 2 fully saturated rings. The Morgan fingerprint density at radius 3 is 2.68 bits per heavy atom. The Labute approximate surface area is 168 Å². The molecular weight excluding hydrogens is 400 g/mol. The van der Waals surface area contributed by atoms with Crippen molar-refractivity contribution < 1.29 is 17.6 Å². The van der Waals surface area contributed by atoms with Crippen molar-refractivity contribution in [3.8, 4) is 10.8 Å². The van der Waals surface area contributed by atoms with Gasteiger partial charge in [-0.25, -0.2) is 12.7 Å². The molecule has 1 amide bonds. The van der Waals surface area contributed by atoms with Crippen molar-refractivity contribution in [2.24, 2.45) is 5.92 Å². The molecule has 0 radical (unpaired) electrons. The van der Waals surface area contributed by atoms with Gasteiger partial charge in [0.2, 0.25) is 21.8 Å². The van der Waals surface area contributed by atoms with Crippen molar-refractivity contribution in [3.05, 3.63) is 23.4 Å². The predicted octanol–water partition coefficient (Wildman–Crippen LogP) is 2.18. The van der Waals surface area contributed by atoms with Gasteiger partial charge in [-0.15, -0.1) is 21.5 Å². The number of amides is 1. The highest BCUT2D eigenvalue weighted by molar-refractivity contribution is 7.88. The molecule has 0 unspecified atom stereocenters. The summed E-state index contributed by atoms with van der Waals surface area (Å²) in [6.45, 7) is 2.14. The fraction of sp³-hybridized carbons (Fsp3) is 0.611. The molecule has 2 aliphatic heterocycles. The number of sulfonamides is 1. The first-order valence-electron chi connectivity index (χ1n) is 9.53. The number of carbonyl (C=O) groups is 1. The first-order chi connectivity index (χ1) is 13.4. The van der Waals surface area contributed by atoms with E-state index < -0.39 is 10.0 Å². The number of piperidine rings is 2. The summed E-state index contributed by atoms with van der Waals surface area (Å²) in [5.41, 5.74) is 0. The molecule has 2 saturated heterocycles. The smallest absolute Gasteiger partial charge is 0.257 e. The summed E-state index contributed by atoms with van der Waals surface area (Å²) in [5.74, 6) is 1.18. The van der Waals surface area contributed by atoms with Gasteiger partial charge < -0.3 is 9.32 Å². The largest absolute Gasteiger partial charge is 0.420 e. The zero-order valence-electron chi connectivity index (χ0n) is 15.8. The molecule has 152 valence electrons. The number of likely N-dealkylation sites (tertiary alicyclic amines) is 1. The molecular formula is C18H24N4O4S2. The third kappa shape index (κ3) is 4.13. The van der Waals surface area contributed by atoms with Crippen molar-refractivity contribution in [3.63, 3.8) is 0 Å². The van der Waals surface area contributed by atoms with Crippen molar-refractivity contribution >= 4 is 27.3 Å². The van der Waals surface area contributed by atoms with Gasteiger partial charge in [-0.1, -0.05) is 6.07 Å². The van der Waals surface area contributed by atoms with E-state index in [-0.39, 0.29) is 17.7 Å². The zero-order chi connectivity index (χ0) is 19.7. The van der Waals surface area contributed by atoms with Crippen LogP contribution < -0.4 is 0 Å². The highest BCUT2D eigenvalue weighted by Gasteiger charge is 2.34. The maximum absolute atomic E-state index is 13.0. The van der Waals surface area contributed by atoms with Crippen molar-refractivity contribution in [2.45, 2.75) is 31.6 Å². The fourth-order valence-corrected chi connectivity index (χ4v) is 5.49. The molecule has 0 N–H and O–H groups in total. The Bertz CT molecular complexity index is 917. The molecule has 2 aromatic rings. The predicted molar refractivity (Wildman–Crippen MR) is 105 cm³/mol. The fourth-order valence-electron chi connectivity index (χ4n) is 3.97. The molecule has 0 saturated carbocycles. The number of hydrogen-bond acceptors (Lipinski definition) is 7. The molecule has 4 rings (SSSR count). The SMILES string of the molecule is CS(=O)(=O)N1CCC(C(=O)N2CCC[C@H](c3nnc(-c4cccs4)o3)C2)CC1. The molecule has 2 aliphatic rings. The normalized spacial score (nSPS) is 22.5. The van der Waals surface area contributed by atoms with E-state index in [2.05, 4.69) is 10.2 Å². The minimum Gasteiger partial charge on any atom is -0.420 e. The lowest BCUT2D eigenvalue weighted by molar-refractivity contribution is -0.138. The number of aromatic nitrogens is 2.